The Morgan fingerprint density at radius 2 is 1.65 bits per heavy atom. The van der Waals surface area contributed by atoms with Gasteiger partial charge in [-0.25, -0.2) is 0 Å². The summed E-state index contributed by atoms with van der Waals surface area (Å²) >= 11 is 0. The molecule has 2 amide bonds. The highest BCUT2D eigenvalue weighted by atomic mass is 16.2. The summed E-state index contributed by atoms with van der Waals surface area (Å²) in [6.45, 7) is 5.62. The van der Waals surface area contributed by atoms with Gasteiger partial charge in [-0.05, 0) is 51.0 Å². The van der Waals surface area contributed by atoms with Crippen molar-refractivity contribution in [2.75, 3.05) is 32.5 Å². The minimum Gasteiger partial charge on any atom is -0.356 e. The predicted molar refractivity (Wildman–Crippen MR) is 94.6 cm³/mol. The quantitative estimate of drug-likeness (QED) is 0.542. The van der Waals surface area contributed by atoms with Gasteiger partial charge in [0.2, 0.25) is 11.8 Å². The lowest BCUT2D eigenvalue weighted by atomic mass is 10.0. The number of hydrogen-bond acceptors (Lipinski definition) is 3. The van der Waals surface area contributed by atoms with Crippen LogP contribution in [0.4, 0.5) is 5.69 Å². The number of aryl methyl sites for hydroxylation is 2. The van der Waals surface area contributed by atoms with Crippen LogP contribution in [0.15, 0.2) is 18.2 Å². The minimum atomic E-state index is -0.259. The summed E-state index contributed by atoms with van der Waals surface area (Å²) in [5.74, 6) is -0.487. The molecule has 1 aromatic rings. The topological polar surface area (TPSA) is 61.4 Å². The molecule has 2 N–H and O–H groups in total. The predicted octanol–water partition coefficient (Wildman–Crippen LogP) is 2.21. The molecular weight excluding hydrogens is 290 g/mol. The van der Waals surface area contributed by atoms with Gasteiger partial charge in [0.1, 0.15) is 6.42 Å². The van der Waals surface area contributed by atoms with E-state index < -0.39 is 0 Å². The van der Waals surface area contributed by atoms with Crippen molar-refractivity contribution >= 4 is 17.5 Å². The Kier molecular flexibility index (Phi) is 8.33. The summed E-state index contributed by atoms with van der Waals surface area (Å²) in [7, 11) is 3.98. The SMILES string of the molecule is CCc1cccc(CC)c1NC(=O)CC(=O)NCCCN(C)C. The molecule has 1 rings (SSSR count). The Morgan fingerprint density at radius 1 is 1.04 bits per heavy atom. The zero-order valence-electron chi connectivity index (χ0n) is 14.7. The molecular formula is C18H29N3O2. The van der Waals surface area contributed by atoms with Crippen LogP contribution in [-0.2, 0) is 22.4 Å². The molecule has 0 fully saturated rings. The van der Waals surface area contributed by atoms with E-state index in [1.54, 1.807) is 0 Å². The number of carbonyl (C=O) groups is 2. The molecule has 23 heavy (non-hydrogen) atoms. The third-order valence-electron chi connectivity index (χ3n) is 3.69. The molecule has 0 radical (unpaired) electrons. The van der Waals surface area contributed by atoms with Crippen LogP contribution in [0.2, 0.25) is 0 Å². The number of para-hydroxylation sites is 1. The van der Waals surface area contributed by atoms with Gasteiger partial charge in [-0.15, -0.1) is 0 Å². The van der Waals surface area contributed by atoms with Crippen molar-refractivity contribution in [1.82, 2.24) is 10.2 Å². The zero-order chi connectivity index (χ0) is 17.2. The maximum absolute atomic E-state index is 12.1. The van der Waals surface area contributed by atoms with Gasteiger partial charge >= 0.3 is 0 Å². The van der Waals surface area contributed by atoms with E-state index in [0.29, 0.717) is 6.54 Å². The number of nitrogens with one attached hydrogen (secondary N) is 2. The van der Waals surface area contributed by atoms with Gasteiger partial charge in [-0.1, -0.05) is 32.0 Å². The molecule has 5 nitrogen and oxygen atoms in total. The summed E-state index contributed by atoms with van der Waals surface area (Å²) in [5, 5.41) is 5.70. The summed E-state index contributed by atoms with van der Waals surface area (Å²) in [5.41, 5.74) is 3.07. The molecule has 0 bridgehead atoms. The standard InChI is InChI=1S/C18H29N3O2/c1-5-14-9-7-10-15(6-2)18(14)20-17(23)13-16(22)19-11-8-12-21(3)4/h7,9-10H,5-6,8,11-13H2,1-4H3,(H,19,22)(H,20,23). The van der Waals surface area contributed by atoms with E-state index in [4.69, 9.17) is 0 Å². The van der Waals surface area contributed by atoms with Gasteiger partial charge in [0.15, 0.2) is 0 Å². The largest absolute Gasteiger partial charge is 0.356 e. The first-order valence-corrected chi connectivity index (χ1v) is 8.29. The molecule has 0 saturated carbocycles. The molecule has 0 heterocycles. The first kappa shape index (κ1) is 19.2. The lowest BCUT2D eigenvalue weighted by Gasteiger charge is -2.14. The zero-order valence-corrected chi connectivity index (χ0v) is 14.7. The number of anilines is 1. The van der Waals surface area contributed by atoms with Crippen LogP contribution >= 0.6 is 0 Å². The average Bonchev–Trinajstić information content (AvgIpc) is 2.51. The lowest BCUT2D eigenvalue weighted by molar-refractivity contribution is -0.126. The number of hydrogen-bond donors (Lipinski definition) is 2. The molecule has 128 valence electrons. The Labute approximate surface area is 139 Å². The second-order valence-corrected chi connectivity index (χ2v) is 5.89. The fourth-order valence-electron chi connectivity index (χ4n) is 2.42. The van der Waals surface area contributed by atoms with Gasteiger partial charge in [-0.2, -0.15) is 0 Å². The molecule has 0 saturated heterocycles. The fourth-order valence-corrected chi connectivity index (χ4v) is 2.42. The number of carbonyl (C=O) groups excluding carboxylic acids is 2. The highest BCUT2D eigenvalue weighted by Gasteiger charge is 2.13. The van der Waals surface area contributed by atoms with Crippen LogP contribution < -0.4 is 10.6 Å². The van der Waals surface area contributed by atoms with E-state index in [-0.39, 0.29) is 18.2 Å². The van der Waals surface area contributed by atoms with Crippen LogP contribution in [0.25, 0.3) is 0 Å². The van der Waals surface area contributed by atoms with Crippen LogP contribution in [0.1, 0.15) is 37.8 Å². The van der Waals surface area contributed by atoms with Crippen molar-refractivity contribution in [2.45, 2.75) is 39.5 Å². The summed E-state index contributed by atoms with van der Waals surface area (Å²) in [6, 6.07) is 6.02. The van der Waals surface area contributed by atoms with Crippen molar-refractivity contribution in [3.8, 4) is 0 Å². The Bertz CT molecular complexity index is 505. The van der Waals surface area contributed by atoms with Gasteiger partial charge < -0.3 is 15.5 Å². The number of nitrogens with zero attached hydrogens (tertiary/aromatic N) is 1. The molecule has 0 unspecified atom stereocenters. The second-order valence-electron chi connectivity index (χ2n) is 5.89. The average molecular weight is 319 g/mol. The van der Waals surface area contributed by atoms with Gasteiger partial charge in [0.05, 0.1) is 0 Å². The molecule has 0 aliphatic carbocycles. The Hall–Kier alpha value is -1.88. The third-order valence-corrected chi connectivity index (χ3v) is 3.69. The summed E-state index contributed by atoms with van der Waals surface area (Å²) in [4.78, 5) is 26.0. The molecule has 0 aliphatic rings. The number of amides is 2. The molecule has 0 aromatic heterocycles. The maximum atomic E-state index is 12.1. The summed E-state index contributed by atoms with van der Waals surface area (Å²) in [6.07, 6.45) is 2.43. The molecule has 1 aromatic carbocycles. The minimum absolute atomic E-state index is 0.136. The normalized spacial score (nSPS) is 10.7. The van der Waals surface area contributed by atoms with E-state index in [1.807, 2.05) is 32.3 Å². The smallest absolute Gasteiger partial charge is 0.233 e. The summed E-state index contributed by atoms with van der Waals surface area (Å²) < 4.78 is 0. The molecule has 0 spiro atoms. The van der Waals surface area contributed by atoms with Crippen molar-refractivity contribution in [3.63, 3.8) is 0 Å². The number of benzene rings is 1. The van der Waals surface area contributed by atoms with Gasteiger partial charge in [-0.3, -0.25) is 9.59 Å². The highest BCUT2D eigenvalue weighted by Crippen LogP contribution is 2.22. The van der Waals surface area contributed by atoms with Crippen LogP contribution in [0.3, 0.4) is 0 Å². The van der Waals surface area contributed by atoms with E-state index in [1.165, 1.54) is 0 Å². The van der Waals surface area contributed by atoms with E-state index in [9.17, 15) is 9.59 Å². The maximum Gasteiger partial charge on any atom is 0.233 e. The van der Waals surface area contributed by atoms with E-state index >= 15 is 0 Å². The van der Waals surface area contributed by atoms with Crippen molar-refractivity contribution < 1.29 is 9.59 Å². The van der Waals surface area contributed by atoms with Crippen molar-refractivity contribution in [2.24, 2.45) is 0 Å². The molecule has 0 aliphatic heterocycles. The van der Waals surface area contributed by atoms with Gasteiger partial charge in [0.25, 0.3) is 0 Å². The van der Waals surface area contributed by atoms with Crippen molar-refractivity contribution in [3.05, 3.63) is 29.3 Å². The first-order valence-electron chi connectivity index (χ1n) is 8.29. The van der Waals surface area contributed by atoms with E-state index in [2.05, 4.69) is 29.4 Å². The molecule has 0 atom stereocenters. The second kappa shape index (κ2) is 10.0. The monoisotopic (exact) mass is 319 g/mol. The van der Waals surface area contributed by atoms with Crippen molar-refractivity contribution in [1.29, 1.82) is 0 Å². The van der Waals surface area contributed by atoms with Crippen LogP contribution in [0.5, 0.6) is 0 Å². The first-order chi connectivity index (χ1) is 11.0. The van der Waals surface area contributed by atoms with Crippen LogP contribution in [-0.4, -0.2) is 43.9 Å². The third kappa shape index (κ3) is 6.82. The highest BCUT2D eigenvalue weighted by molar-refractivity contribution is 6.04. The van der Waals surface area contributed by atoms with Crippen LogP contribution in [0, 0.1) is 0 Å². The lowest BCUT2D eigenvalue weighted by Crippen LogP contribution is -2.30. The van der Waals surface area contributed by atoms with E-state index in [0.717, 1.165) is 42.6 Å². The Balaban J connectivity index is 2.52. The Morgan fingerprint density at radius 3 is 2.17 bits per heavy atom. The van der Waals surface area contributed by atoms with Gasteiger partial charge in [0, 0.05) is 12.2 Å². The fraction of sp³-hybridized carbons (Fsp3) is 0.556. The number of rotatable bonds is 9. The molecule has 5 heteroatoms.